The van der Waals surface area contributed by atoms with Gasteiger partial charge in [-0.15, -0.1) is 0 Å². The molecule has 0 aliphatic carbocycles. The Balaban J connectivity index is 2.84. The molecule has 2 atom stereocenters. The lowest BCUT2D eigenvalue weighted by molar-refractivity contribution is 0.0564. The van der Waals surface area contributed by atoms with Crippen LogP contribution in [0.25, 0.3) is 0 Å². The SMILES string of the molecule is CC[C@@H](C)[C@@H](OC)c1ccc(F)cc1. The van der Waals surface area contributed by atoms with E-state index in [9.17, 15) is 4.39 Å². The molecule has 0 fully saturated rings. The molecule has 1 nitrogen and oxygen atoms in total. The highest BCUT2D eigenvalue weighted by Crippen LogP contribution is 2.27. The lowest BCUT2D eigenvalue weighted by Crippen LogP contribution is -2.11. The Labute approximate surface area is 84.9 Å². The van der Waals surface area contributed by atoms with Gasteiger partial charge < -0.3 is 4.74 Å². The van der Waals surface area contributed by atoms with Gasteiger partial charge in [0.2, 0.25) is 0 Å². The summed E-state index contributed by atoms with van der Waals surface area (Å²) in [6.07, 6.45) is 1.12. The third-order valence-electron chi connectivity index (χ3n) is 2.61. The first-order chi connectivity index (χ1) is 6.69. The van der Waals surface area contributed by atoms with E-state index in [0.29, 0.717) is 5.92 Å². The predicted molar refractivity (Wildman–Crippen MR) is 55.6 cm³/mol. The second kappa shape index (κ2) is 5.11. The van der Waals surface area contributed by atoms with Crippen molar-refractivity contribution in [3.05, 3.63) is 35.6 Å². The van der Waals surface area contributed by atoms with Crippen molar-refractivity contribution in [3.8, 4) is 0 Å². The highest BCUT2D eigenvalue weighted by atomic mass is 19.1. The fourth-order valence-electron chi connectivity index (χ4n) is 1.56. The molecule has 0 saturated carbocycles. The smallest absolute Gasteiger partial charge is 0.123 e. The van der Waals surface area contributed by atoms with Crippen molar-refractivity contribution in [3.63, 3.8) is 0 Å². The summed E-state index contributed by atoms with van der Waals surface area (Å²) in [5.74, 6) is 0.248. The van der Waals surface area contributed by atoms with Crippen LogP contribution in [0.1, 0.15) is 31.9 Å². The maximum absolute atomic E-state index is 12.7. The van der Waals surface area contributed by atoms with Crippen LogP contribution >= 0.6 is 0 Å². The third-order valence-corrected chi connectivity index (χ3v) is 2.61. The minimum absolute atomic E-state index is 0.0700. The second-order valence-electron chi connectivity index (χ2n) is 3.59. The highest BCUT2D eigenvalue weighted by molar-refractivity contribution is 5.19. The number of benzene rings is 1. The quantitative estimate of drug-likeness (QED) is 0.715. The normalized spacial score (nSPS) is 15.1. The van der Waals surface area contributed by atoms with Crippen LogP contribution < -0.4 is 0 Å². The largest absolute Gasteiger partial charge is 0.376 e. The summed E-state index contributed by atoms with van der Waals surface area (Å²) in [6, 6.07) is 6.53. The van der Waals surface area contributed by atoms with E-state index in [-0.39, 0.29) is 11.9 Å². The van der Waals surface area contributed by atoms with Gasteiger partial charge in [0.1, 0.15) is 5.82 Å². The fraction of sp³-hybridized carbons (Fsp3) is 0.500. The van der Waals surface area contributed by atoms with Gasteiger partial charge in [-0.1, -0.05) is 32.4 Å². The Hall–Kier alpha value is -0.890. The standard InChI is InChI=1S/C12H17FO/c1-4-9(2)12(14-3)10-5-7-11(13)8-6-10/h5-9,12H,4H2,1-3H3/t9-,12-/m1/s1. The molecule has 0 aliphatic heterocycles. The average Bonchev–Trinajstić information content (AvgIpc) is 2.21. The Morgan fingerprint density at radius 3 is 2.29 bits per heavy atom. The van der Waals surface area contributed by atoms with E-state index in [2.05, 4.69) is 13.8 Å². The minimum atomic E-state index is -0.201. The van der Waals surface area contributed by atoms with Crippen molar-refractivity contribution < 1.29 is 9.13 Å². The maximum Gasteiger partial charge on any atom is 0.123 e. The van der Waals surface area contributed by atoms with Crippen molar-refractivity contribution in [1.82, 2.24) is 0 Å². The summed E-state index contributed by atoms with van der Waals surface area (Å²) in [6.45, 7) is 4.26. The molecular formula is C12H17FO. The van der Waals surface area contributed by atoms with E-state index in [4.69, 9.17) is 4.74 Å². The second-order valence-corrected chi connectivity index (χ2v) is 3.59. The van der Waals surface area contributed by atoms with E-state index in [0.717, 1.165) is 12.0 Å². The van der Waals surface area contributed by atoms with Gasteiger partial charge in [-0.05, 0) is 23.6 Å². The number of hydrogen-bond acceptors (Lipinski definition) is 1. The Morgan fingerprint density at radius 1 is 1.29 bits per heavy atom. The number of hydrogen-bond donors (Lipinski definition) is 0. The van der Waals surface area contributed by atoms with Crippen molar-refractivity contribution in [2.75, 3.05) is 7.11 Å². The zero-order valence-corrected chi connectivity index (χ0v) is 8.96. The maximum atomic E-state index is 12.7. The highest BCUT2D eigenvalue weighted by Gasteiger charge is 2.16. The molecule has 0 heterocycles. The molecule has 0 aromatic heterocycles. The molecule has 0 radical (unpaired) electrons. The van der Waals surface area contributed by atoms with Crippen LogP contribution in [0, 0.1) is 11.7 Å². The topological polar surface area (TPSA) is 9.23 Å². The first kappa shape index (κ1) is 11.2. The Bertz CT molecular complexity index is 268. The number of methoxy groups -OCH3 is 1. The van der Waals surface area contributed by atoms with Gasteiger partial charge >= 0.3 is 0 Å². The molecule has 0 bridgehead atoms. The lowest BCUT2D eigenvalue weighted by atomic mass is 9.95. The van der Waals surface area contributed by atoms with Crippen LogP contribution in [0.4, 0.5) is 4.39 Å². The van der Waals surface area contributed by atoms with Gasteiger partial charge in [0, 0.05) is 7.11 Å². The van der Waals surface area contributed by atoms with Gasteiger partial charge in [0.15, 0.2) is 0 Å². The third kappa shape index (κ3) is 2.55. The van der Waals surface area contributed by atoms with Crippen LogP contribution in [-0.4, -0.2) is 7.11 Å². The van der Waals surface area contributed by atoms with Crippen molar-refractivity contribution in [2.24, 2.45) is 5.92 Å². The number of ether oxygens (including phenoxy) is 1. The van der Waals surface area contributed by atoms with Crippen molar-refractivity contribution >= 4 is 0 Å². The molecule has 0 saturated heterocycles. The molecule has 1 aromatic carbocycles. The zero-order valence-electron chi connectivity index (χ0n) is 8.96. The molecule has 0 unspecified atom stereocenters. The molecule has 0 aliphatic rings. The summed E-state index contributed by atoms with van der Waals surface area (Å²) in [4.78, 5) is 0. The van der Waals surface area contributed by atoms with Gasteiger partial charge in [-0.25, -0.2) is 4.39 Å². The summed E-state index contributed by atoms with van der Waals surface area (Å²) < 4.78 is 18.1. The summed E-state index contributed by atoms with van der Waals surface area (Å²) >= 11 is 0. The Kier molecular flexibility index (Phi) is 4.08. The van der Waals surface area contributed by atoms with Crippen molar-refractivity contribution in [2.45, 2.75) is 26.4 Å². The molecule has 1 rings (SSSR count). The Morgan fingerprint density at radius 2 is 1.86 bits per heavy atom. The monoisotopic (exact) mass is 196 g/mol. The molecule has 78 valence electrons. The fourth-order valence-corrected chi connectivity index (χ4v) is 1.56. The summed E-state index contributed by atoms with van der Waals surface area (Å²) in [5, 5.41) is 0. The first-order valence-electron chi connectivity index (χ1n) is 4.97. The van der Waals surface area contributed by atoms with E-state index in [1.807, 2.05) is 0 Å². The van der Waals surface area contributed by atoms with Gasteiger partial charge in [-0.2, -0.15) is 0 Å². The molecule has 0 N–H and O–H groups in total. The van der Waals surface area contributed by atoms with E-state index in [1.165, 1.54) is 12.1 Å². The number of halogens is 1. The average molecular weight is 196 g/mol. The summed E-state index contributed by atoms with van der Waals surface area (Å²) in [5.41, 5.74) is 1.04. The van der Waals surface area contributed by atoms with E-state index in [1.54, 1.807) is 19.2 Å². The lowest BCUT2D eigenvalue weighted by Gasteiger charge is -2.21. The van der Waals surface area contributed by atoms with Gasteiger partial charge in [0.25, 0.3) is 0 Å². The van der Waals surface area contributed by atoms with Crippen LogP contribution in [0.2, 0.25) is 0 Å². The van der Waals surface area contributed by atoms with E-state index >= 15 is 0 Å². The van der Waals surface area contributed by atoms with Crippen LogP contribution in [-0.2, 0) is 4.74 Å². The van der Waals surface area contributed by atoms with Crippen LogP contribution in [0.5, 0.6) is 0 Å². The zero-order chi connectivity index (χ0) is 10.6. The van der Waals surface area contributed by atoms with Crippen LogP contribution in [0.3, 0.4) is 0 Å². The molecule has 1 aromatic rings. The number of rotatable bonds is 4. The molecular weight excluding hydrogens is 179 g/mol. The van der Waals surface area contributed by atoms with E-state index < -0.39 is 0 Å². The predicted octanol–water partition coefficient (Wildman–Crippen LogP) is 3.56. The van der Waals surface area contributed by atoms with Gasteiger partial charge in [0.05, 0.1) is 6.10 Å². The first-order valence-corrected chi connectivity index (χ1v) is 4.97. The summed E-state index contributed by atoms with van der Waals surface area (Å²) in [7, 11) is 1.69. The van der Waals surface area contributed by atoms with Gasteiger partial charge in [-0.3, -0.25) is 0 Å². The van der Waals surface area contributed by atoms with Crippen molar-refractivity contribution in [1.29, 1.82) is 0 Å². The molecule has 0 amide bonds. The molecule has 0 spiro atoms. The van der Waals surface area contributed by atoms with Crippen LogP contribution in [0.15, 0.2) is 24.3 Å². The minimum Gasteiger partial charge on any atom is -0.376 e. The molecule has 14 heavy (non-hydrogen) atoms. The molecule has 2 heteroatoms.